The van der Waals surface area contributed by atoms with Gasteiger partial charge in [0.1, 0.15) is 0 Å². The van der Waals surface area contributed by atoms with Gasteiger partial charge in [-0.05, 0) is 111 Å². The summed E-state index contributed by atoms with van der Waals surface area (Å²) < 4.78 is 0. The highest BCUT2D eigenvalue weighted by atomic mass is 16.4. The summed E-state index contributed by atoms with van der Waals surface area (Å²) in [7, 11) is 0. The molecule has 4 aliphatic carbocycles. The molecular formula is C24H39O4-. The largest absolute Gasteiger partial charge is 0.550 e. The molecule has 4 nitrogen and oxygen atoms in total. The minimum absolute atomic E-state index is 0.162. The minimum atomic E-state index is -0.934. The lowest BCUT2D eigenvalue weighted by Gasteiger charge is -2.62. The lowest BCUT2D eigenvalue weighted by molar-refractivity contribution is -0.306. The molecule has 0 radical (unpaired) electrons. The first-order valence-corrected chi connectivity index (χ1v) is 11.7. The molecule has 0 aromatic carbocycles. The van der Waals surface area contributed by atoms with Gasteiger partial charge in [0, 0.05) is 5.97 Å². The highest BCUT2D eigenvalue weighted by Crippen LogP contribution is 2.68. The normalized spacial score (nSPS) is 51.7. The standard InChI is InChI=1S/C24H40O4/c1-14(4-7-21(27)28)17-5-6-18-22-19(9-11-24(17,18)3)23(2)10-8-16(25)12-15(23)13-20(22)26/h14-20,22,25-26H,4-13H2,1-3H3,(H,27,28)/p-1. The number of hydrogen-bond donors (Lipinski definition) is 2. The molecule has 4 saturated carbocycles. The number of aliphatic carboxylic acids is 1. The van der Waals surface area contributed by atoms with E-state index in [0.717, 1.165) is 25.7 Å². The van der Waals surface area contributed by atoms with Crippen LogP contribution in [0, 0.1) is 46.3 Å². The molecule has 4 rings (SSSR count). The average Bonchev–Trinajstić information content (AvgIpc) is 2.98. The van der Waals surface area contributed by atoms with Crippen molar-refractivity contribution in [2.75, 3.05) is 0 Å². The van der Waals surface area contributed by atoms with Crippen LogP contribution in [0.3, 0.4) is 0 Å². The van der Waals surface area contributed by atoms with Crippen LogP contribution in [-0.4, -0.2) is 28.4 Å². The number of carboxylic acid groups (broad SMARTS) is 1. The van der Waals surface area contributed by atoms with Crippen LogP contribution in [0.1, 0.15) is 85.0 Å². The van der Waals surface area contributed by atoms with Gasteiger partial charge in [-0.15, -0.1) is 0 Å². The molecule has 0 saturated heterocycles. The van der Waals surface area contributed by atoms with Gasteiger partial charge in [0.05, 0.1) is 12.2 Å². The number of hydrogen-bond acceptors (Lipinski definition) is 4. The summed E-state index contributed by atoms with van der Waals surface area (Å²) in [6.45, 7) is 7.11. The van der Waals surface area contributed by atoms with Gasteiger partial charge in [-0.1, -0.05) is 20.8 Å². The van der Waals surface area contributed by atoms with Gasteiger partial charge in [0.25, 0.3) is 0 Å². The van der Waals surface area contributed by atoms with E-state index in [9.17, 15) is 20.1 Å². The maximum absolute atomic E-state index is 11.2. The summed E-state index contributed by atoms with van der Waals surface area (Å²) in [4.78, 5) is 10.9. The van der Waals surface area contributed by atoms with Crippen molar-refractivity contribution in [3.8, 4) is 0 Å². The van der Waals surface area contributed by atoms with Crippen LogP contribution in [0.4, 0.5) is 0 Å². The van der Waals surface area contributed by atoms with Gasteiger partial charge < -0.3 is 20.1 Å². The summed E-state index contributed by atoms with van der Waals surface area (Å²) >= 11 is 0. The molecule has 160 valence electrons. The number of carbonyl (C=O) groups excluding carboxylic acids is 1. The predicted octanol–water partition coefficient (Wildman–Crippen LogP) is 3.14. The molecule has 4 heteroatoms. The molecule has 28 heavy (non-hydrogen) atoms. The summed E-state index contributed by atoms with van der Waals surface area (Å²) in [5.41, 5.74) is 0.494. The molecule has 4 fully saturated rings. The van der Waals surface area contributed by atoms with E-state index in [1.807, 2.05) is 0 Å². The van der Waals surface area contributed by atoms with E-state index >= 15 is 0 Å². The molecule has 4 aliphatic rings. The van der Waals surface area contributed by atoms with Crippen molar-refractivity contribution in [1.82, 2.24) is 0 Å². The Morgan fingerprint density at radius 3 is 2.43 bits per heavy atom. The fourth-order valence-corrected chi connectivity index (χ4v) is 8.72. The lowest BCUT2D eigenvalue weighted by atomic mass is 9.43. The SMILES string of the molecule is CC(CCC(=O)[O-])C1CCC2C3C(O)CC4CC(O)CCC4(C)C3CCC12C. The topological polar surface area (TPSA) is 80.6 Å². The molecular weight excluding hydrogens is 352 g/mol. The lowest BCUT2D eigenvalue weighted by Crippen LogP contribution is -2.58. The van der Waals surface area contributed by atoms with Crippen molar-refractivity contribution < 1.29 is 20.1 Å². The smallest absolute Gasteiger partial charge is 0.0577 e. The van der Waals surface area contributed by atoms with E-state index in [-0.39, 0.29) is 29.5 Å². The molecule has 2 N–H and O–H groups in total. The molecule has 0 bridgehead atoms. The third-order valence-corrected chi connectivity index (χ3v) is 10.2. The van der Waals surface area contributed by atoms with E-state index in [2.05, 4.69) is 20.8 Å². The van der Waals surface area contributed by atoms with Crippen LogP contribution in [0.5, 0.6) is 0 Å². The fraction of sp³-hybridized carbons (Fsp3) is 0.958. The number of aliphatic hydroxyl groups is 2. The molecule has 0 aromatic heterocycles. The molecule has 0 aliphatic heterocycles. The highest BCUT2D eigenvalue weighted by molar-refractivity contribution is 5.64. The molecule has 0 amide bonds. The third kappa shape index (κ3) is 3.14. The van der Waals surface area contributed by atoms with Crippen LogP contribution in [-0.2, 0) is 4.79 Å². The molecule has 0 spiro atoms. The second-order valence-electron chi connectivity index (χ2n) is 11.3. The van der Waals surface area contributed by atoms with Gasteiger partial charge in [-0.3, -0.25) is 0 Å². The van der Waals surface area contributed by atoms with Crippen molar-refractivity contribution in [3.63, 3.8) is 0 Å². The van der Waals surface area contributed by atoms with E-state index in [1.165, 1.54) is 25.7 Å². The average molecular weight is 392 g/mol. The Bertz CT molecular complexity index is 605. The summed E-state index contributed by atoms with van der Waals surface area (Å²) in [5.74, 6) is 1.99. The maximum atomic E-state index is 11.2. The molecule has 10 unspecified atom stereocenters. The van der Waals surface area contributed by atoms with Gasteiger partial charge in [0.2, 0.25) is 0 Å². The molecule has 0 heterocycles. The zero-order valence-corrected chi connectivity index (χ0v) is 17.9. The van der Waals surface area contributed by atoms with Crippen LogP contribution in [0.25, 0.3) is 0 Å². The summed E-state index contributed by atoms with van der Waals surface area (Å²) in [6.07, 6.45) is 8.91. The number of aliphatic hydroxyl groups excluding tert-OH is 2. The number of fused-ring (bicyclic) bond motifs is 5. The van der Waals surface area contributed by atoms with E-state index in [0.29, 0.717) is 41.9 Å². The van der Waals surface area contributed by atoms with Gasteiger partial charge in [-0.2, -0.15) is 0 Å². The zero-order valence-electron chi connectivity index (χ0n) is 17.9. The monoisotopic (exact) mass is 391 g/mol. The number of rotatable bonds is 4. The van der Waals surface area contributed by atoms with Crippen LogP contribution >= 0.6 is 0 Å². The molecule has 10 atom stereocenters. The van der Waals surface area contributed by atoms with Crippen LogP contribution in [0.2, 0.25) is 0 Å². The maximum Gasteiger partial charge on any atom is 0.0577 e. The Labute approximate surface area is 170 Å². The first-order valence-electron chi connectivity index (χ1n) is 11.7. The van der Waals surface area contributed by atoms with E-state index in [1.54, 1.807) is 0 Å². The first-order chi connectivity index (χ1) is 13.2. The van der Waals surface area contributed by atoms with Gasteiger partial charge >= 0.3 is 0 Å². The first kappa shape index (κ1) is 20.7. The quantitative estimate of drug-likeness (QED) is 0.771. The highest BCUT2D eigenvalue weighted by Gasteiger charge is 2.62. The predicted molar refractivity (Wildman–Crippen MR) is 106 cm³/mol. The second-order valence-corrected chi connectivity index (χ2v) is 11.3. The third-order valence-electron chi connectivity index (χ3n) is 10.2. The fourth-order valence-electron chi connectivity index (χ4n) is 8.72. The minimum Gasteiger partial charge on any atom is -0.550 e. The van der Waals surface area contributed by atoms with Crippen molar-refractivity contribution in [3.05, 3.63) is 0 Å². The van der Waals surface area contributed by atoms with Crippen LogP contribution in [0.15, 0.2) is 0 Å². The van der Waals surface area contributed by atoms with Crippen molar-refractivity contribution >= 4 is 5.97 Å². The Morgan fingerprint density at radius 1 is 1.04 bits per heavy atom. The number of carbonyl (C=O) groups is 1. The zero-order chi connectivity index (χ0) is 20.3. The van der Waals surface area contributed by atoms with Gasteiger partial charge in [-0.25, -0.2) is 0 Å². The van der Waals surface area contributed by atoms with Crippen molar-refractivity contribution in [2.45, 2.75) is 97.2 Å². The van der Waals surface area contributed by atoms with E-state index in [4.69, 9.17) is 0 Å². The molecule has 0 aromatic rings. The van der Waals surface area contributed by atoms with Crippen molar-refractivity contribution in [1.29, 1.82) is 0 Å². The Morgan fingerprint density at radius 2 is 1.71 bits per heavy atom. The van der Waals surface area contributed by atoms with Crippen LogP contribution < -0.4 is 5.11 Å². The summed E-state index contributed by atoms with van der Waals surface area (Å²) in [6, 6.07) is 0. The van der Waals surface area contributed by atoms with E-state index < -0.39 is 5.97 Å². The Balaban J connectivity index is 1.55. The Hall–Kier alpha value is -0.610. The summed E-state index contributed by atoms with van der Waals surface area (Å²) in [5, 5.41) is 32.4. The number of carboxylic acids is 1. The van der Waals surface area contributed by atoms with Gasteiger partial charge in [0.15, 0.2) is 0 Å². The van der Waals surface area contributed by atoms with Crippen molar-refractivity contribution in [2.24, 2.45) is 46.3 Å². The Kier molecular flexibility index (Phi) is 5.36. The second kappa shape index (κ2) is 7.27.